The van der Waals surface area contributed by atoms with Crippen molar-refractivity contribution in [1.82, 2.24) is 5.32 Å². The molecule has 1 atom stereocenters. The van der Waals surface area contributed by atoms with Crippen molar-refractivity contribution in [2.24, 2.45) is 0 Å². The van der Waals surface area contributed by atoms with Crippen LogP contribution in [0, 0.1) is 0 Å². The molecule has 25 heavy (non-hydrogen) atoms. The highest BCUT2D eigenvalue weighted by Gasteiger charge is 2.23. The second kappa shape index (κ2) is 11.1. The summed E-state index contributed by atoms with van der Waals surface area (Å²) >= 11 is 0. The molecular formula is C17H27ClN2O5. The number of methoxy groups -OCH3 is 3. The summed E-state index contributed by atoms with van der Waals surface area (Å²) in [5, 5.41) is 3.30. The molecule has 1 heterocycles. The highest BCUT2D eigenvalue weighted by atomic mass is 35.5. The molecular weight excluding hydrogens is 348 g/mol. The lowest BCUT2D eigenvalue weighted by Crippen LogP contribution is -2.45. The van der Waals surface area contributed by atoms with Gasteiger partial charge in [0.1, 0.15) is 0 Å². The molecule has 1 aliphatic rings. The number of nitrogens with zero attached hydrogens (tertiary/aromatic N) is 1. The summed E-state index contributed by atoms with van der Waals surface area (Å²) in [7, 11) is 4.78. The van der Waals surface area contributed by atoms with Crippen LogP contribution >= 0.6 is 12.4 Å². The fraction of sp³-hybridized carbons (Fsp3) is 0.588. The molecule has 1 aromatic rings. The fourth-order valence-corrected chi connectivity index (χ4v) is 2.64. The van der Waals surface area contributed by atoms with Crippen molar-refractivity contribution < 1.29 is 23.7 Å². The van der Waals surface area contributed by atoms with Crippen molar-refractivity contribution in [2.45, 2.75) is 12.5 Å². The number of anilines is 1. The van der Waals surface area contributed by atoms with Crippen molar-refractivity contribution in [2.75, 3.05) is 59.1 Å². The number of nitrogens with one attached hydrogen (secondary N) is 1. The molecule has 8 heteroatoms. The Morgan fingerprint density at radius 2 is 2.04 bits per heavy atom. The van der Waals surface area contributed by atoms with Gasteiger partial charge in [0.25, 0.3) is 0 Å². The minimum absolute atomic E-state index is 0. The Hall–Kier alpha value is -1.54. The van der Waals surface area contributed by atoms with Crippen LogP contribution in [0.5, 0.6) is 11.5 Å². The maximum atomic E-state index is 12.8. The lowest BCUT2D eigenvalue weighted by molar-refractivity contribution is -0.119. The first-order valence-electron chi connectivity index (χ1n) is 8.02. The summed E-state index contributed by atoms with van der Waals surface area (Å²) in [4.78, 5) is 14.5. The number of rotatable bonds is 8. The van der Waals surface area contributed by atoms with E-state index in [2.05, 4.69) is 5.32 Å². The third-order valence-electron chi connectivity index (χ3n) is 3.92. The Morgan fingerprint density at radius 1 is 1.28 bits per heavy atom. The smallest absolute Gasteiger partial charge is 0.228 e. The first-order valence-corrected chi connectivity index (χ1v) is 8.02. The van der Waals surface area contributed by atoms with Gasteiger partial charge in [0, 0.05) is 44.4 Å². The Labute approximate surface area is 155 Å². The topological polar surface area (TPSA) is 69.3 Å². The Morgan fingerprint density at radius 3 is 2.64 bits per heavy atom. The number of benzene rings is 1. The molecule has 0 saturated carbocycles. The molecule has 1 aromatic carbocycles. The zero-order valence-electron chi connectivity index (χ0n) is 14.9. The Kier molecular flexibility index (Phi) is 9.59. The van der Waals surface area contributed by atoms with Gasteiger partial charge in [-0.15, -0.1) is 12.4 Å². The summed E-state index contributed by atoms with van der Waals surface area (Å²) < 4.78 is 21.2. The molecule has 0 aliphatic carbocycles. The number of ether oxygens (including phenoxy) is 4. The molecule has 1 amide bonds. The molecule has 2 rings (SSSR count). The number of hydrogen-bond donors (Lipinski definition) is 1. The van der Waals surface area contributed by atoms with E-state index in [0.717, 1.165) is 12.2 Å². The van der Waals surface area contributed by atoms with Crippen molar-refractivity contribution in [3.8, 4) is 11.5 Å². The number of amides is 1. The van der Waals surface area contributed by atoms with Gasteiger partial charge in [-0.1, -0.05) is 0 Å². The van der Waals surface area contributed by atoms with Crippen LogP contribution in [0.15, 0.2) is 18.2 Å². The van der Waals surface area contributed by atoms with E-state index in [1.54, 1.807) is 38.4 Å². The van der Waals surface area contributed by atoms with Gasteiger partial charge in [-0.2, -0.15) is 0 Å². The highest BCUT2D eigenvalue weighted by molar-refractivity contribution is 5.94. The lowest BCUT2D eigenvalue weighted by atomic mass is 10.1. The molecule has 0 spiro atoms. The third kappa shape index (κ3) is 6.04. The quantitative estimate of drug-likeness (QED) is 0.743. The standard InChI is InChI=1S/C17H26N2O5.ClH/c1-21-9-7-19(17(20)10-13-12-24-8-6-18-13)14-4-5-15(22-2)16(11-14)23-3;/h4-5,11,13,18H,6-10,12H2,1-3H3;1H. The minimum atomic E-state index is 0. The van der Waals surface area contributed by atoms with E-state index < -0.39 is 0 Å². The normalized spacial score (nSPS) is 16.7. The minimum Gasteiger partial charge on any atom is -0.493 e. The molecule has 1 unspecified atom stereocenters. The van der Waals surface area contributed by atoms with E-state index in [0.29, 0.717) is 44.3 Å². The van der Waals surface area contributed by atoms with E-state index in [4.69, 9.17) is 18.9 Å². The summed E-state index contributed by atoms with van der Waals surface area (Å²) in [6.45, 7) is 2.93. The maximum Gasteiger partial charge on any atom is 0.228 e. The second-order valence-electron chi connectivity index (χ2n) is 5.51. The average Bonchev–Trinajstić information content (AvgIpc) is 2.62. The van der Waals surface area contributed by atoms with Crippen LogP contribution in [0.4, 0.5) is 5.69 Å². The average molecular weight is 375 g/mol. The summed E-state index contributed by atoms with van der Waals surface area (Å²) in [5.74, 6) is 1.23. The van der Waals surface area contributed by atoms with Gasteiger partial charge in [-0.05, 0) is 12.1 Å². The lowest BCUT2D eigenvalue weighted by Gasteiger charge is -2.28. The summed E-state index contributed by atoms with van der Waals surface area (Å²) in [6.07, 6.45) is 0.373. The monoisotopic (exact) mass is 374 g/mol. The molecule has 0 bridgehead atoms. The predicted molar refractivity (Wildman–Crippen MR) is 98.2 cm³/mol. The molecule has 1 fully saturated rings. The number of morpholine rings is 1. The van der Waals surface area contributed by atoms with E-state index in [-0.39, 0.29) is 24.4 Å². The van der Waals surface area contributed by atoms with Crippen LogP contribution in [0.2, 0.25) is 0 Å². The summed E-state index contributed by atoms with van der Waals surface area (Å²) in [6, 6.07) is 5.48. The van der Waals surface area contributed by atoms with Crippen LogP contribution in [0.3, 0.4) is 0 Å². The van der Waals surface area contributed by atoms with Gasteiger partial charge in [0.05, 0.1) is 34.0 Å². The molecule has 142 valence electrons. The van der Waals surface area contributed by atoms with Crippen LogP contribution in [0.1, 0.15) is 6.42 Å². The molecule has 7 nitrogen and oxygen atoms in total. The van der Waals surface area contributed by atoms with E-state index in [1.807, 2.05) is 6.07 Å². The predicted octanol–water partition coefficient (Wildman–Crippen LogP) is 1.48. The maximum absolute atomic E-state index is 12.8. The number of hydrogen-bond acceptors (Lipinski definition) is 6. The van der Waals surface area contributed by atoms with E-state index >= 15 is 0 Å². The third-order valence-corrected chi connectivity index (χ3v) is 3.92. The van der Waals surface area contributed by atoms with Crippen LogP contribution in [-0.4, -0.2) is 66.2 Å². The summed E-state index contributed by atoms with van der Waals surface area (Å²) in [5.41, 5.74) is 0.756. The van der Waals surface area contributed by atoms with Gasteiger partial charge >= 0.3 is 0 Å². The van der Waals surface area contributed by atoms with Gasteiger partial charge in [-0.25, -0.2) is 0 Å². The largest absolute Gasteiger partial charge is 0.493 e. The first kappa shape index (κ1) is 21.5. The molecule has 0 aromatic heterocycles. The van der Waals surface area contributed by atoms with Crippen molar-refractivity contribution in [1.29, 1.82) is 0 Å². The van der Waals surface area contributed by atoms with Crippen LogP contribution < -0.4 is 19.7 Å². The molecule has 0 radical (unpaired) electrons. The Balaban J connectivity index is 0.00000312. The van der Waals surface area contributed by atoms with Crippen molar-refractivity contribution in [3.05, 3.63) is 18.2 Å². The zero-order valence-corrected chi connectivity index (χ0v) is 15.8. The van der Waals surface area contributed by atoms with Crippen molar-refractivity contribution >= 4 is 24.0 Å². The number of halogens is 1. The van der Waals surface area contributed by atoms with Gasteiger partial charge < -0.3 is 29.2 Å². The molecule has 1 aliphatic heterocycles. The van der Waals surface area contributed by atoms with E-state index in [9.17, 15) is 4.79 Å². The highest BCUT2D eigenvalue weighted by Crippen LogP contribution is 2.31. The molecule has 1 saturated heterocycles. The van der Waals surface area contributed by atoms with Crippen LogP contribution in [-0.2, 0) is 14.3 Å². The molecule has 1 N–H and O–H groups in total. The van der Waals surface area contributed by atoms with E-state index in [1.165, 1.54) is 0 Å². The van der Waals surface area contributed by atoms with Crippen LogP contribution in [0.25, 0.3) is 0 Å². The fourth-order valence-electron chi connectivity index (χ4n) is 2.64. The second-order valence-corrected chi connectivity index (χ2v) is 5.51. The zero-order chi connectivity index (χ0) is 17.4. The van der Waals surface area contributed by atoms with Gasteiger partial charge in [0.2, 0.25) is 5.91 Å². The Bertz CT molecular complexity index is 538. The van der Waals surface area contributed by atoms with Gasteiger partial charge in [-0.3, -0.25) is 4.79 Å². The van der Waals surface area contributed by atoms with Crippen molar-refractivity contribution in [3.63, 3.8) is 0 Å². The first-order chi connectivity index (χ1) is 11.7. The number of carbonyl (C=O) groups excluding carboxylic acids is 1. The van der Waals surface area contributed by atoms with Gasteiger partial charge in [0.15, 0.2) is 11.5 Å². The number of carbonyl (C=O) groups is 1. The SMILES string of the molecule is COCCN(C(=O)CC1COCCN1)c1ccc(OC)c(OC)c1.Cl.